The Labute approximate surface area is 116 Å². The summed E-state index contributed by atoms with van der Waals surface area (Å²) in [6, 6.07) is 17.0. The Kier molecular flexibility index (Phi) is 3.20. The van der Waals surface area contributed by atoms with Crippen LogP contribution in [-0.4, -0.2) is 10.1 Å². The van der Waals surface area contributed by atoms with Crippen molar-refractivity contribution < 1.29 is 5.11 Å². The maximum atomic E-state index is 10.4. The molecule has 0 bridgehead atoms. The number of hydrogen-bond donors (Lipinski definition) is 1. The average molecular weight is 270 g/mol. The van der Waals surface area contributed by atoms with E-state index in [0.717, 1.165) is 22.0 Å². The molecule has 1 unspecified atom stereocenters. The number of para-hydroxylation sites is 1. The third kappa shape index (κ3) is 2.46. The van der Waals surface area contributed by atoms with Gasteiger partial charge in [0.2, 0.25) is 0 Å². The minimum atomic E-state index is -0.686. The van der Waals surface area contributed by atoms with Gasteiger partial charge in [-0.25, -0.2) is 0 Å². The number of aliphatic hydroxyl groups is 1. The molecule has 19 heavy (non-hydrogen) atoms. The summed E-state index contributed by atoms with van der Waals surface area (Å²) in [7, 11) is 0. The first-order valence-electron chi connectivity index (χ1n) is 6.02. The third-order valence-electron chi connectivity index (χ3n) is 3.11. The molecule has 0 aliphatic carbocycles. The lowest BCUT2D eigenvalue weighted by Gasteiger charge is -2.12. The summed E-state index contributed by atoms with van der Waals surface area (Å²) in [5, 5.41) is 12.0. The molecule has 1 aromatic heterocycles. The average Bonchev–Trinajstić information content (AvgIpc) is 2.47. The number of benzene rings is 2. The standard InChI is InChI=1S/C16H12ClNO/c17-14-7-5-11(6-8-14)16(19)13-9-12-3-1-2-4-15(12)18-10-13/h1-10,16,19H. The van der Waals surface area contributed by atoms with Gasteiger partial charge in [-0.3, -0.25) is 4.98 Å². The summed E-state index contributed by atoms with van der Waals surface area (Å²) >= 11 is 5.85. The largest absolute Gasteiger partial charge is 0.384 e. The normalized spacial score (nSPS) is 12.5. The van der Waals surface area contributed by atoms with Crippen LogP contribution in [-0.2, 0) is 0 Å². The Balaban J connectivity index is 2.01. The lowest BCUT2D eigenvalue weighted by Crippen LogP contribution is -2.00. The van der Waals surface area contributed by atoms with Crippen molar-refractivity contribution in [1.82, 2.24) is 4.98 Å². The lowest BCUT2D eigenvalue weighted by atomic mass is 10.0. The molecule has 3 heteroatoms. The van der Waals surface area contributed by atoms with E-state index in [2.05, 4.69) is 4.98 Å². The number of rotatable bonds is 2. The van der Waals surface area contributed by atoms with Gasteiger partial charge in [-0.05, 0) is 29.8 Å². The maximum absolute atomic E-state index is 10.4. The number of hydrogen-bond acceptors (Lipinski definition) is 2. The van der Waals surface area contributed by atoms with Gasteiger partial charge in [0.1, 0.15) is 6.10 Å². The number of halogens is 1. The Morgan fingerprint density at radius 2 is 1.68 bits per heavy atom. The second kappa shape index (κ2) is 5.00. The summed E-state index contributed by atoms with van der Waals surface area (Å²) in [6.45, 7) is 0. The Bertz CT molecular complexity index is 709. The highest BCUT2D eigenvalue weighted by Gasteiger charge is 2.11. The van der Waals surface area contributed by atoms with Crippen molar-refractivity contribution in [3.8, 4) is 0 Å². The Morgan fingerprint density at radius 3 is 2.47 bits per heavy atom. The van der Waals surface area contributed by atoms with E-state index >= 15 is 0 Å². The van der Waals surface area contributed by atoms with Gasteiger partial charge in [-0.15, -0.1) is 0 Å². The molecule has 0 aliphatic heterocycles. The topological polar surface area (TPSA) is 33.1 Å². The number of nitrogens with zero attached hydrogens (tertiary/aromatic N) is 1. The fourth-order valence-corrected chi connectivity index (χ4v) is 2.20. The lowest BCUT2D eigenvalue weighted by molar-refractivity contribution is 0.220. The molecule has 1 atom stereocenters. The van der Waals surface area contributed by atoms with Gasteiger partial charge < -0.3 is 5.11 Å². The monoisotopic (exact) mass is 269 g/mol. The zero-order valence-corrected chi connectivity index (χ0v) is 10.9. The minimum Gasteiger partial charge on any atom is -0.384 e. The molecule has 94 valence electrons. The van der Waals surface area contributed by atoms with Crippen LogP contribution in [0, 0.1) is 0 Å². The highest BCUT2D eigenvalue weighted by Crippen LogP contribution is 2.25. The van der Waals surface area contributed by atoms with Crippen LogP contribution >= 0.6 is 11.6 Å². The van der Waals surface area contributed by atoms with Crippen molar-refractivity contribution in [2.75, 3.05) is 0 Å². The predicted molar refractivity (Wildman–Crippen MR) is 77.3 cm³/mol. The molecule has 0 saturated heterocycles. The van der Waals surface area contributed by atoms with Crippen LogP contribution in [0.25, 0.3) is 10.9 Å². The number of aromatic nitrogens is 1. The molecule has 2 nitrogen and oxygen atoms in total. The highest BCUT2D eigenvalue weighted by molar-refractivity contribution is 6.30. The van der Waals surface area contributed by atoms with Crippen molar-refractivity contribution >= 4 is 22.5 Å². The van der Waals surface area contributed by atoms with Gasteiger partial charge in [0.05, 0.1) is 5.52 Å². The molecule has 3 aromatic rings. The van der Waals surface area contributed by atoms with E-state index in [-0.39, 0.29) is 0 Å². The van der Waals surface area contributed by atoms with Crippen LogP contribution in [0.4, 0.5) is 0 Å². The summed E-state index contributed by atoms with van der Waals surface area (Å²) < 4.78 is 0. The smallest absolute Gasteiger partial charge is 0.106 e. The minimum absolute atomic E-state index is 0.660. The highest BCUT2D eigenvalue weighted by atomic mass is 35.5. The summed E-state index contributed by atoms with van der Waals surface area (Å²) in [5.41, 5.74) is 2.51. The molecular formula is C16H12ClNO. The van der Waals surface area contributed by atoms with E-state index in [1.54, 1.807) is 18.3 Å². The van der Waals surface area contributed by atoms with Crippen molar-refractivity contribution in [1.29, 1.82) is 0 Å². The zero-order chi connectivity index (χ0) is 13.2. The maximum Gasteiger partial charge on any atom is 0.106 e. The zero-order valence-electron chi connectivity index (χ0n) is 10.1. The number of fused-ring (bicyclic) bond motifs is 1. The van der Waals surface area contributed by atoms with E-state index in [9.17, 15) is 5.11 Å². The predicted octanol–water partition coefficient (Wildman–Crippen LogP) is 3.97. The molecule has 0 saturated carbocycles. The van der Waals surface area contributed by atoms with Gasteiger partial charge in [0, 0.05) is 22.2 Å². The van der Waals surface area contributed by atoms with Crippen LogP contribution in [0.5, 0.6) is 0 Å². The molecule has 0 amide bonds. The van der Waals surface area contributed by atoms with Crippen molar-refractivity contribution in [3.05, 3.63) is 76.9 Å². The summed E-state index contributed by atoms with van der Waals surface area (Å²) in [6.07, 6.45) is 1.02. The van der Waals surface area contributed by atoms with Gasteiger partial charge in [0.15, 0.2) is 0 Å². The Morgan fingerprint density at radius 1 is 0.947 bits per heavy atom. The molecule has 0 aliphatic rings. The van der Waals surface area contributed by atoms with E-state index in [1.807, 2.05) is 42.5 Å². The first-order chi connectivity index (χ1) is 9.24. The van der Waals surface area contributed by atoms with Crippen LogP contribution in [0.3, 0.4) is 0 Å². The number of pyridine rings is 1. The molecule has 2 aromatic carbocycles. The van der Waals surface area contributed by atoms with Crippen LogP contribution in [0.2, 0.25) is 5.02 Å². The molecule has 1 N–H and O–H groups in total. The van der Waals surface area contributed by atoms with Crippen LogP contribution in [0.15, 0.2) is 60.8 Å². The second-order valence-electron chi connectivity index (χ2n) is 4.42. The fraction of sp³-hybridized carbons (Fsp3) is 0.0625. The molecule has 1 heterocycles. The van der Waals surface area contributed by atoms with E-state index in [4.69, 9.17) is 11.6 Å². The molecular weight excluding hydrogens is 258 g/mol. The van der Waals surface area contributed by atoms with E-state index in [0.29, 0.717) is 5.02 Å². The summed E-state index contributed by atoms with van der Waals surface area (Å²) in [4.78, 5) is 4.36. The van der Waals surface area contributed by atoms with Gasteiger partial charge in [-0.1, -0.05) is 41.9 Å². The number of aliphatic hydroxyl groups excluding tert-OH is 1. The quantitative estimate of drug-likeness (QED) is 0.764. The van der Waals surface area contributed by atoms with Crippen molar-refractivity contribution in [3.63, 3.8) is 0 Å². The van der Waals surface area contributed by atoms with Gasteiger partial charge >= 0.3 is 0 Å². The van der Waals surface area contributed by atoms with Crippen molar-refractivity contribution in [2.24, 2.45) is 0 Å². The molecule has 3 rings (SSSR count). The van der Waals surface area contributed by atoms with Crippen LogP contribution in [0.1, 0.15) is 17.2 Å². The van der Waals surface area contributed by atoms with Crippen molar-refractivity contribution in [2.45, 2.75) is 6.10 Å². The molecule has 0 radical (unpaired) electrons. The molecule has 0 fully saturated rings. The van der Waals surface area contributed by atoms with Gasteiger partial charge in [0.25, 0.3) is 0 Å². The fourth-order valence-electron chi connectivity index (χ4n) is 2.08. The Hall–Kier alpha value is -1.90. The molecule has 0 spiro atoms. The van der Waals surface area contributed by atoms with Gasteiger partial charge in [-0.2, -0.15) is 0 Å². The third-order valence-corrected chi connectivity index (χ3v) is 3.37. The van der Waals surface area contributed by atoms with E-state index < -0.39 is 6.10 Å². The SMILES string of the molecule is OC(c1ccc(Cl)cc1)c1cnc2ccccc2c1. The first-order valence-corrected chi connectivity index (χ1v) is 6.40. The van der Waals surface area contributed by atoms with Crippen LogP contribution < -0.4 is 0 Å². The summed E-state index contributed by atoms with van der Waals surface area (Å²) in [5.74, 6) is 0. The first kappa shape index (κ1) is 12.2. The van der Waals surface area contributed by atoms with E-state index in [1.165, 1.54) is 0 Å². The second-order valence-corrected chi connectivity index (χ2v) is 4.85.